The van der Waals surface area contributed by atoms with Crippen molar-refractivity contribution in [1.82, 2.24) is 4.90 Å². The summed E-state index contributed by atoms with van der Waals surface area (Å²) in [4.78, 5) is 2.16. The lowest BCUT2D eigenvalue weighted by Gasteiger charge is -2.16. The van der Waals surface area contributed by atoms with Gasteiger partial charge in [-0.3, -0.25) is 0 Å². The van der Waals surface area contributed by atoms with Crippen LogP contribution in [-0.4, -0.2) is 194 Å². The summed E-state index contributed by atoms with van der Waals surface area (Å²) in [6.07, 6.45) is 0. The molecule has 0 unspecified atom stereocenters. The van der Waals surface area contributed by atoms with E-state index in [2.05, 4.69) is 4.90 Å². The predicted molar refractivity (Wildman–Crippen MR) is 151 cm³/mol. The first kappa shape index (κ1) is 40.4. The summed E-state index contributed by atoms with van der Waals surface area (Å²) in [5.74, 6) is 0. The van der Waals surface area contributed by atoms with Gasteiger partial charge >= 0.3 is 0 Å². The van der Waals surface area contributed by atoms with Crippen molar-refractivity contribution >= 4 is 0 Å². The van der Waals surface area contributed by atoms with Crippen molar-refractivity contribution in [3.05, 3.63) is 0 Å². The van der Waals surface area contributed by atoms with Crippen LogP contribution in [-0.2, 0) is 52.1 Å². The van der Waals surface area contributed by atoms with E-state index in [0.717, 1.165) is 13.1 Å². The molecule has 0 spiro atoms. The number of likely N-dealkylation sites (N-methyl/N-ethyl adjacent to an activating group) is 1. The van der Waals surface area contributed by atoms with Gasteiger partial charge in [-0.2, -0.15) is 0 Å². The van der Waals surface area contributed by atoms with Gasteiger partial charge in [0.2, 0.25) is 0 Å². The van der Waals surface area contributed by atoms with Crippen molar-refractivity contribution in [2.24, 2.45) is 0 Å². The Hall–Kier alpha value is -0.560. The molecule has 0 amide bonds. The molecule has 0 aromatic carbocycles. The van der Waals surface area contributed by atoms with Crippen LogP contribution in [0.1, 0.15) is 0 Å². The Labute approximate surface area is 246 Å². The van der Waals surface area contributed by atoms with E-state index in [4.69, 9.17) is 62.3 Å². The standard InChI is InChI=1S/C27H57NO13/c1-28(2-6-31-10-14-35-18-20-37-16-12-33-8-4-29)3-7-32-11-15-36-19-22-39-24-26-41-27-25-40-23-21-38-17-13-34-9-5-30/h29-30H,2-27H2,1H3. The summed E-state index contributed by atoms with van der Waals surface area (Å²) in [6, 6.07) is 0. The largest absolute Gasteiger partial charge is 0.394 e. The van der Waals surface area contributed by atoms with Crippen LogP contribution in [0.2, 0.25) is 0 Å². The fourth-order valence-electron chi connectivity index (χ4n) is 2.87. The van der Waals surface area contributed by atoms with E-state index < -0.39 is 0 Å². The number of hydrogen-bond acceptors (Lipinski definition) is 14. The summed E-state index contributed by atoms with van der Waals surface area (Å²) in [5, 5.41) is 17.2. The van der Waals surface area contributed by atoms with Crippen LogP contribution < -0.4 is 0 Å². The Morgan fingerprint density at radius 3 is 0.659 bits per heavy atom. The Morgan fingerprint density at radius 1 is 0.293 bits per heavy atom. The fraction of sp³-hybridized carbons (Fsp3) is 1.00. The first-order valence-electron chi connectivity index (χ1n) is 14.6. The molecule has 0 saturated carbocycles. The van der Waals surface area contributed by atoms with Gasteiger partial charge in [0.1, 0.15) is 0 Å². The van der Waals surface area contributed by atoms with Gasteiger partial charge in [-0.05, 0) is 7.05 Å². The van der Waals surface area contributed by atoms with Crippen LogP contribution in [0.25, 0.3) is 0 Å². The molecule has 14 heteroatoms. The van der Waals surface area contributed by atoms with E-state index in [1.165, 1.54) is 0 Å². The Bertz CT molecular complexity index is 469. The van der Waals surface area contributed by atoms with E-state index >= 15 is 0 Å². The third kappa shape index (κ3) is 37.4. The normalized spacial score (nSPS) is 11.7. The number of nitrogens with zero attached hydrogens (tertiary/aromatic N) is 1. The van der Waals surface area contributed by atoms with E-state index in [-0.39, 0.29) is 13.2 Å². The molecule has 0 aliphatic carbocycles. The van der Waals surface area contributed by atoms with Crippen molar-refractivity contribution in [3.8, 4) is 0 Å². The molecular weight excluding hydrogens is 546 g/mol. The third-order valence-corrected chi connectivity index (χ3v) is 5.05. The van der Waals surface area contributed by atoms with E-state index in [0.29, 0.717) is 145 Å². The minimum absolute atomic E-state index is 0.0261. The molecule has 0 saturated heterocycles. The maximum absolute atomic E-state index is 8.58. The number of aliphatic hydroxyl groups excluding tert-OH is 2. The molecule has 0 rings (SSSR count). The molecule has 0 aliphatic rings. The van der Waals surface area contributed by atoms with Gasteiger partial charge in [0, 0.05) is 13.1 Å². The second-order valence-corrected chi connectivity index (χ2v) is 8.49. The van der Waals surface area contributed by atoms with Crippen LogP contribution in [0.4, 0.5) is 0 Å². The second-order valence-electron chi connectivity index (χ2n) is 8.49. The number of aliphatic hydroxyl groups is 2. The predicted octanol–water partition coefficient (Wildman–Crippen LogP) is -0.915. The zero-order valence-electron chi connectivity index (χ0n) is 25.2. The second kappa shape index (κ2) is 37.5. The molecule has 2 N–H and O–H groups in total. The van der Waals surface area contributed by atoms with E-state index in [1.807, 2.05) is 7.05 Å². The molecule has 248 valence electrons. The van der Waals surface area contributed by atoms with Gasteiger partial charge < -0.3 is 67.2 Å². The van der Waals surface area contributed by atoms with Gasteiger partial charge in [0.25, 0.3) is 0 Å². The van der Waals surface area contributed by atoms with Crippen LogP contribution in [0.3, 0.4) is 0 Å². The Morgan fingerprint density at radius 2 is 0.463 bits per heavy atom. The number of rotatable bonds is 37. The maximum atomic E-state index is 8.58. The average molecular weight is 604 g/mol. The van der Waals surface area contributed by atoms with Crippen molar-refractivity contribution in [1.29, 1.82) is 0 Å². The van der Waals surface area contributed by atoms with Crippen molar-refractivity contribution in [3.63, 3.8) is 0 Å². The monoisotopic (exact) mass is 603 g/mol. The molecule has 14 nitrogen and oxygen atoms in total. The summed E-state index contributed by atoms with van der Waals surface area (Å²) in [6.45, 7) is 12.9. The third-order valence-electron chi connectivity index (χ3n) is 5.05. The molecule has 0 radical (unpaired) electrons. The van der Waals surface area contributed by atoms with Crippen LogP contribution in [0.15, 0.2) is 0 Å². The topological polar surface area (TPSA) is 145 Å². The highest BCUT2D eigenvalue weighted by Crippen LogP contribution is 1.88. The fourth-order valence-corrected chi connectivity index (χ4v) is 2.87. The van der Waals surface area contributed by atoms with Crippen LogP contribution >= 0.6 is 0 Å². The lowest BCUT2D eigenvalue weighted by atomic mass is 10.5. The summed E-state index contributed by atoms with van der Waals surface area (Å²) in [5.41, 5.74) is 0. The minimum atomic E-state index is 0.0261. The quantitative estimate of drug-likeness (QED) is 0.0845. The van der Waals surface area contributed by atoms with Gasteiger partial charge in [-0.25, -0.2) is 0 Å². The maximum Gasteiger partial charge on any atom is 0.0701 e. The molecule has 0 bridgehead atoms. The molecule has 0 fully saturated rings. The minimum Gasteiger partial charge on any atom is -0.394 e. The van der Waals surface area contributed by atoms with Gasteiger partial charge in [0.15, 0.2) is 0 Å². The van der Waals surface area contributed by atoms with Gasteiger partial charge in [-0.1, -0.05) is 0 Å². The molecule has 41 heavy (non-hydrogen) atoms. The molecule has 0 atom stereocenters. The Balaban J connectivity index is 3.12. The lowest BCUT2D eigenvalue weighted by molar-refractivity contribution is -0.0220. The van der Waals surface area contributed by atoms with Crippen molar-refractivity contribution < 1.29 is 62.3 Å². The average Bonchev–Trinajstić information content (AvgIpc) is 2.98. The summed E-state index contributed by atoms with van der Waals surface area (Å²) >= 11 is 0. The lowest BCUT2D eigenvalue weighted by Crippen LogP contribution is -2.28. The number of hydrogen-bond donors (Lipinski definition) is 2. The first-order chi connectivity index (χ1) is 20.3. The highest BCUT2D eigenvalue weighted by molar-refractivity contribution is 4.50. The molecular formula is C27H57NO13. The van der Waals surface area contributed by atoms with Gasteiger partial charge in [-0.15, -0.1) is 0 Å². The van der Waals surface area contributed by atoms with Gasteiger partial charge in [0.05, 0.1) is 159 Å². The first-order valence-corrected chi connectivity index (χ1v) is 14.6. The molecule has 0 aromatic rings. The highest BCUT2D eigenvalue weighted by atomic mass is 16.6. The SMILES string of the molecule is CN(CCOCCOCCOCCOCCO)CCOCCOCCOCCOCCOCCOCCOCCO. The zero-order valence-corrected chi connectivity index (χ0v) is 25.2. The number of ether oxygens (including phenoxy) is 11. The van der Waals surface area contributed by atoms with E-state index in [9.17, 15) is 0 Å². The Kier molecular flexibility index (Phi) is 37.0. The van der Waals surface area contributed by atoms with E-state index in [1.54, 1.807) is 0 Å². The van der Waals surface area contributed by atoms with Crippen molar-refractivity contribution in [2.75, 3.05) is 179 Å². The van der Waals surface area contributed by atoms with Crippen LogP contribution in [0, 0.1) is 0 Å². The molecule has 0 aromatic heterocycles. The summed E-state index contributed by atoms with van der Waals surface area (Å²) < 4.78 is 59.3. The highest BCUT2D eigenvalue weighted by Gasteiger charge is 2.00. The molecule has 0 aliphatic heterocycles. The summed E-state index contributed by atoms with van der Waals surface area (Å²) in [7, 11) is 2.03. The van der Waals surface area contributed by atoms with Crippen molar-refractivity contribution in [2.45, 2.75) is 0 Å². The zero-order chi connectivity index (χ0) is 29.7. The smallest absolute Gasteiger partial charge is 0.0701 e. The molecule has 0 heterocycles. The van der Waals surface area contributed by atoms with Crippen LogP contribution in [0.5, 0.6) is 0 Å².